The van der Waals surface area contributed by atoms with Gasteiger partial charge in [0.1, 0.15) is 5.03 Å². The van der Waals surface area contributed by atoms with Crippen molar-refractivity contribution in [3.8, 4) is 5.88 Å². The Bertz CT molecular complexity index is 734. The maximum Gasteiger partial charge on any atom is 0.269 e. The molecular formula is C16H13Cl3N2O2S. The minimum atomic E-state index is -0.503. The van der Waals surface area contributed by atoms with Gasteiger partial charge in [-0.05, 0) is 23.8 Å². The van der Waals surface area contributed by atoms with Crippen LogP contribution in [0.25, 0.3) is 0 Å². The number of halogens is 3. The molecule has 0 fully saturated rings. The highest BCUT2D eigenvalue weighted by Crippen LogP contribution is 2.30. The summed E-state index contributed by atoms with van der Waals surface area (Å²) in [5.41, 5.74) is 1.51. The van der Waals surface area contributed by atoms with Gasteiger partial charge >= 0.3 is 0 Å². The van der Waals surface area contributed by atoms with E-state index in [2.05, 4.69) is 10.3 Å². The summed E-state index contributed by atoms with van der Waals surface area (Å²) in [6.07, 6.45) is 1.47. The van der Waals surface area contributed by atoms with Crippen molar-refractivity contribution >= 4 is 58.2 Å². The first-order valence-corrected chi connectivity index (χ1v) is 8.85. The number of anilines is 1. The van der Waals surface area contributed by atoms with Gasteiger partial charge < -0.3 is 10.1 Å². The number of methoxy groups -OCH3 is 1. The second-order valence-electron chi connectivity index (χ2n) is 4.55. The molecule has 0 spiro atoms. The van der Waals surface area contributed by atoms with E-state index in [-0.39, 0.29) is 9.40 Å². The number of nitrogens with zero attached hydrogens (tertiary/aromatic N) is 1. The summed E-state index contributed by atoms with van der Waals surface area (Å²) >= 11 is 19.2. The molecule has 0 atom stereocenters. The van der Waals surface area contributed by atoms with E-state index in [1.165, 1.54) is 25.1 Å². The van der Waals surface area contributed by atoms with E-state index in [1.54, 1.807) is 24.3 Å². The largest absolute Gasteiger partial charge is 0.481 e. The van der Waals surface area contributed by atoms with Gasteiger partial charge in [-0.25, -0.2) is 4.98 Å². The van der Waals surface area contributed by atoms with E-state index in [4.69, 9.17) is 39.5 Å². The number of carbonyl (C=O) groups is 1. The Labute approximate surface area is 159 Å². The van der Waals surface area contributed by atoms with E-state index in [9.17, 15) is 4.79 Å². The summed E-state index contributed by atoms with van der Waals surface area (Å²) in [5, 5.41) is 3.20. The lowest BCUT2D eigenvalue weighted by Gasteiger charge is -2.07. The topological polar surface area (TPSA) is 51.2 Å². The van der Waals surface area contributed by atoms with E-state index in [0.29, 0.717) is 22.3 Å². The molecule has 1 aromatic heterocycles. The Morgan fingerprint density at radius 1 is 1.21 bits per heavy atom. The number of amides is 1. The van der Waals surface area contributed by atoms with Crippen LogP contribution in [-0.4, -0.2) is 18.0 Å². The summed E-state index contributed by atoms with van der Waals surface area (Å²) in [5.74, 6) is 0.521. The predicted molar refractivity (Wildman–Crippen MR) is 101 cm³/mol. The number of hydrogen-bond donors (Lipinski definition) is 1. The molecule has 0 aliphatic carbocycles. The zero-order valence-corrected chi connectivity index (χ0v) is 15.6. The quantitative estimate of drug-likeness (QED) is 0.668. The summed E-state index contributed by atoms with van der Waals surface area (Å²) in [6.45, 7) is 0. The molecule has 24 heavy (non-hydrogen) atoms. The number of pyridine rings is 1. The molecule has 126 valence electrons. The van der Waals surface area contributed by atoms with Crippen molar-refractivity contribution in [1.82, 2.24) is 4.98 Å². The first-order chi connectivity index (χ1) is 11.5. The molecule has 4 nitrogen and oxygen atoms in total. The van der Waals surface area contributed by atoms with Crippen LogP contribution in [0.15, 0.2) is 52.0 Å². The fourth-order valence-electron chi connectivity index (χ4n) is 1.64. The fourth-order valence-corrected chi connectivity index (χ4v) is 2.93. The standard InChI is InChI=1S/C16H13Cl3N2O2S/c1-23-13-7-6-12(8-20-13)21-16(22)14(18)15(19)24-9-10-2-4-11(17)5-3-10/h2-8H,9H2,1H3,(H,21,22). The molecule has 2 rings (SSSR count). The number of rotatable bonds is 6. The summed E-state index contributed by atoms with van der Waals surface area (Å²) in [6, 6.07) is 10.6. The molecule has 2 aromatic rings. The molecule has 1 aromatic carbocycles. The third-order valence-electron chi connectivity index (χ3n) is 2.85. The van der Waals surface area contributed by atoms with E-state index < -0.39 is 5.91 Å². The van der Waals surface area contributed by atoms with Crippen molar-refractivity contribution in [2.45, 2.75) is 5.75 Å². The van der Waals surface area contributed by atoms with Crippen LogP contribution in [0.2, 0.25) is 5.02 Å². The third kappa shape index (κ3) is 5.60. The monoisotopic (exact) mass is 402 g/mol. The average Bonchev–Trinajstić information content (AvgIpc) is 2.61. The van der Waals surface area contributed by atoms with Gasteiger partial charge in [0.05, 0.1) is 23.4 Å². The first-order valence-electron chi connectivity index (χ1n) is 6.73. The summed E-state index contributed by atoms with van der Waals surface area (Å²) < 4.78 is 5.16. The lowest BCUT2D eigenvalue weighted by Crippen LogP contribution is -2.12. The summed E-state index contributed by atoms with van der Waals surface area (Å²) in [7, 11) is 1.51. The van der Waals surface area contributed by atoms with Crippen LogP contribution < -0.4 is 10.1 Å². The van der Waals surface area contributed by atoms with Crippen molar-refractivity contribution in [2.75, 3.05) is 12.4 Å². The van der Waals surface area contributed by atoms with Gasteiger partial charge in [0.2, 0.25) is 5.88 Å². The van der Waals surface area contributed by atoms with E-state index >= 15 is 0 Å². The van der Waals surface area contributed by atoms with Gasteiger partial charge in [-0.1, -0.05) is 46.9 Å². The number of carbonyl (C=O) groups excluding carboxylic acids is 1. The van der Waals surface area contributed by atoms with Gasteiger partial charge in [0.25, 0.3) is 5.91 Å². The number of ether oxygens (including phenoxy) is 1. The Balaban J connectivity index is 1.96. The van der Waals surface area contributed by atoms with Crippen LogP contribution in [0.5, 0.6) is 5.88 Å². The molecule has 1 amide bonds. The van der Waals surface area contributed by atoms with Crippen molar-refractivity contribution in [3.05, 3.63) is 62.6 Å². The molecule has 0 aliphatic heterocycles. The first kappa shape index (κ1) is 18.9. The van der Waals surface area contributed by atoms with Gasteiger partial charge in [0, 0.05) is 16.8 Å². The number of aromatic nitrogens is 1. The van der Waals surface area contributed by atoms with Gasteiger partial charge in [0.15, 0.2) is 0 Å². The molecule has 0 bridgehead atoms. The zero-order chi connectivity index (χ0) is 17.5. The number of hydrogen-bond acceptors (Lipinski definition) is 4. The maximum absolute atomic E-state index is 12.1. The molecular weight excluding hydrogens is 391 g/mol. The Morgan fingerprint density at radius 3 is 2.50 bits per heavy atom. The summed E-state index contributed by atoms with van der Waals surface area (Å²) in [4.78, 5) is 16.1. The van der Waals surface area contributed by atoms with Crippen molar-refractivity contribution < 1.29 is 9.53 Å². The lowest BCUT2D eigenvalue weighted by atomic mass is 10.2. The molecule has 0 saturated heterocycles. The van der Waals surface area contributed by atoms with Crippen molar-refractivity contribution in [3.63, 3.8) is 0 Å². The Kier molecular flexibility index (Phi) is 7.24. The number of thioether (sulfide) groups is 1. The fraction of sp³-hybridized carbons (Fsp3) is 0.125. The molecule has 8 heteroatoms. The van der Waals surface area contributed by atoms with E-state index in [0.717, 1.165) is 5.56 Å². The van der Waals surface area contributed by atoms with Crippen LogP contribution in [0.4, 0.5) is 5.69 Å². The minimum Gasteiger partial charge on any atom is -0.481 e. The molecule has 0 saturated carbocycles. The second kappa shape index (κ2) is 9.18. The highest BCUT2D eigenvalue weighted by atomic mass is 35.5. The third-order valence-corrected chi connectivity index (χ3v) is 5.13. The van der Waals surface area contributed by atoms with Crippen molar-refractivity contribution in [1.29, 1.82) is 0 Å². The van der Waals surface area contributed by atoms with Crippen LogP contribution >= 0.6 is 46.6 Å². The molecule has 0 aliphatic rings. The van der Waals surface area contributed by atoms with Crippen LogP contribution in [-0.2, 0) is 10.5 Å². The lowest BCUT2D eigenvalue weighted by molar-refractivity contribution is -0.112. The average molecular weight is 404 g/mol. The number of nitrogens with one attached hydrogen (secondary N) is 1. The number of benzene rings is 1. The van der Waals surface area contributed by atoms with E-state index in [1.807, 2.05) is 12.1 Å². The highest BCUT2D eigenvalue weighted by molar-refractivity contribution is 8.03. The van der Waals surface area contributed by atoms with Crippen LogP contribution in [0.3, 0.4) is 0 Å². The minimum absolute atomic E-state index is 0.0774. The molecule has 1 N–H and O–H groups in total. The SMILES string of the molecule is COc1ccc(NC(=O)C(Cl)=C(Cl)SCc2ccc(Cl)cc2)cn1. The van der Waals surface area contributed by atoms with Crippen LogP contribution in [0.1, 0.15) is 5.56 Å². The van der Waals surface area contributed by atoms with Gasteiger partial charge in [-0.3, -0.25) is 4.79 Å². The highest BCUT2D eigenvalue weighted by Gasteiger charge is 2.13. The Morgan fingerprint density at radius 2 is 1.92 bits per heavy atom. The molecule has 1 heterocycles. The van der Waals surface area contributed by atoms with Gasteiger partial charge in [-0.15, -0.1) is 11.8 Å². The van der Waals surface area contributed by atoms with Gasteiger partial charge in [-0.2, -0.15) is 0 Å². The maximum atomic E-state index is 12.1. The second-order valence-corrected chi connectivity index (χ2v) is 6.95. The predicted octanol–water partition coefficient (Wildman–Crippen LogP) is 5.26. The Hall–Kier alpha value is -1.40. The van der Waals surface area contributed by atoms with Crippen LogP contribution in [0, 0.1) is 0 Å². The molecule has 0 unspecified atom stereocenters. The molecule has 0 radical (unpaired) electrons. The van der Waals surface area contributed by atoms with Crippen molar-refractivity contribution in [2.24, 2.45) is 0 Å². The normalized spacial score (nSPS) is 11.7. The smallest absolute Gasteiger partial charge is 0.269 e. The zero-order valence-electron chi connectivity index (χ0n) is 12.6.